The molecule has 1 heterocycles. The maximum absolute atomic E-state index is 12.8. The van der Waals surface area contributed by atoms with E-state index >= 15 is 0 Å². The number of hydrogen-bond donors (Lipinski definition) is 1. The highest BCUT2D eigenvalue weighted by atomic mass is 35.5. The van der Waals surface area contributed by atoms with Gasteiger partial charge in [-0.3, -0.25) is 14.5 Å². The molecule has 0 aromatic heterocycles. The van der Waals surface area contributed by atoms with Gasteiger partial charge in [0.1, 0.15) is 0 Å². The second-order valence-corrected chi connectivity index (χ2v) is 7.00. The van der Waals surface area contributed by atoms with Crippen LogP contribution >= 0.6 is 35.6 Å². The van der Waals surface area contributed by atoms with Gasteiger partial charge in [-0.05, 0) is 29.8 Å². The van der Waals surface area contributed by atoms with Gasteiger partial charge in [-0.25, -0.2) is 0 Å². The van der Waals surface area contributed by atoms with Crippen molar-refractivity contribution in [2.75, 3.05) is 4.90 Å². The van der Waals surface area contributed by atoms with Crippen LogP contribution in [0, 0.1) is 0 Å². The molecule has 0 spiro atoms. The summed E-state index contributed by atoms with van der Waals surface area (Å²) < 4.78 is 0.340. The first-order chi connectivity index (χ1) is 11.5. The molecule has 2 aromatic carbocycles. The summed E-state index contributed by atoms with van der Waals surface area (Å²) in [6.45, 7) is 0. The van der Waals surface area contributed by atoms with Crippen LogP contribution in [0.4, 0.5) is 5.69 Å². The third-order valence-electron chi connectivity index (χ3n) is 3.40. The van der Waals surface area contributed by atoms with Crippen molar-refractivity contribution in [3.8, 4) is 0 Å². The van der Waals surface area contributed by atoms with Crippen LogP contribution in [-0.4, -0.2) is 16.1 Å². The van der Waals surface area contributed by atoms with Gasteiger partial charge in [0, 0.05) is 5.02 Å². The average Bonchev–Trinajstić information content (AvgIpc) is 2.83. The van der Waals surface area contributed by atoms with Gasteiger partial charge in [-0.1, -0.05) is 65.9 Å². The van der Waals surface area contributed by atoms with Gasteiger partial charge in [0.2, 0.25) is 0 Å². The number of benzene rings is 2. The van der Waals surface area contributed by atoms with Gasteiger partial charge < -0.3 is 5.73 Å². The first-order valence-electron chi connectivity index (χ1n) is 6.90. The largest absolute Gasteiger partial charge is 0.366 e. The number of thiocarbonyl (C=S) groups is 1. The van der Waals surface area contributed by atoms with E-state index in [4.69, 9.17) is 29.6 Å². The Hall–Kier alpha value is -2.15. The number of halogens is 1. The number of carbonyl (C=O) groups is 2. The number of primary amides is 1. The Bertz CT molecular complexity index is 896. The molecule has 1 fully saturated rings. The fourth-order valence-corrected chi connectivity index (χ4v) is 3.75. The lowest BCUT2D eigenvalue weighted by Gasteiger charge is -2.17. The molecular formula is C17H11ClN2O2S2. The number of thioether (sulfide) groups is 1. The van der Waals surface area contributed by atoms with Gasteiger partial charge in [0.25, 0.3) is 11.8 Å². The van der Waals surface area contributed by atoms with Crippen LogP contribution in [0.25, 0.3) is 6.08 Å². The number of para-hydroxylation sites is 1. The highest BCUT2D eigenvalue weighted by Gasteiger charge is 2.35. The van der Waals surface area contributed by atoms with Crippen molar-refractivity contribution in [2.45, 2.75) is 0 Å². The Morgan fingerprint density at radius 3 is 2.54 bits per heavy atom. The summed E-state index contributed by atoms with van der Waals surface area (Å²) in [4.78, 5) is 26.1. The Labute approximate surface area is 153 Å². The minimum atomic E-state index is -0.616. The maximum Gasteiger partial charge on any atom is 0.270 e. The van der Waals surface area contributed by atoms with Crippen molar-refractivity contribution in [1.29, 1.82) is 0 Å². The molecule has 1 aliphatic heterocycles. The van der Waals surface area contributed by atoms with E-state index in [0.29, 0.717) is 19.9 Å². The zero-order chi connectivity index (χ0) is 17.3. The van der Waals surface area contributed by atoms with E-state index in [2.05, 4.69) is 0 Å². The standard InChI is InChI=1S/C17H11ClN2O2S2/c18-12-7-3-1-5-10(12)9-14-16(22)20(17(23)24-14)13-8-4-2-6-11(13)15(19)21/h1-9H,(H2,19,21)/b14-9-. The zero-order valence-corrected chi connectivity index (χ0v) is 14.6. The summed E-state index contributed by atoms with van der Waals surface area (Å²) in [6, 6.07) is 13.8. The Morgan fingerprint density at radius 1 is 1.17 bits per heavy atom. The second kappa shape index (κ2) is 6.76. The zero-order valence-electron chi connectivity index (χ0n) is 12.2. The average molecular weight is 375 g/mol. The molecule has 4 nitrogen and oxygen atoms in total. The van der Waals surface area contributed by atoms with Gasteiger partial charge in [0.15, 0.2) is 4.32 Å². The number of amides is 2. The lowest BCUT2D eigenvalue weighted by molar-refractivity contribution is -0.113. The minimum Gasteiger partial charge on any atom is -0.366 e. The minimum absolute atomic E-state index is 0.243. The molecule has 2 amide bonds. The first-order valence-corrected chi connectivity index (χ1v) is 8.50. The molecule has 0 unspecified atom stereocenters. The third kappa shape index (κ3) is 3.08. The van der Waals surface area contributed by atoms with Crippen LogP contribution in [0.1, 0.15) is 15.9 Å². The summed E-state index contributed by atoms with van der Waals surface area (Å²) >= 11 is 12.6. The molecule has 24 heavy (non-hydrogen) atoms. The maximum atomic E-state index is 12.8. The quantitative estimate of drug-likeness (QED) is 0.654. The predicted octanol–water partition coefficient (Wildman–Crippen LogP) is 3.84. The monoisotopic (exact) mass is 374 g/mol. The van der Waals surface area contributed by atoms with Crippen molar-refractivity contribution in [1.82, 2.24) is 0 Å². The van der Waals surface area contributed by atoms with Gasteiger partial charge in [-0.2, -0.15) is 0 Å². The van der Waals surface area contributed by atoms with E-state index in [9.17, 15) is 9.59 Å². The molecule has 2 N–H and O–H groups in total. The molecule has 1 saturated heterocycles. The van der Waals surface area contributed by atoms with E-state index in [1.807, 2.05) is 18.2 Å². The Kier molecular flexibility index (Phi) is 4.71. The van der Waals surface area contributed by atoms with Crippen molar-refractivity contribution >= 4 is 63.5 Å². The van der Waals surface area contributed by atoms with Crippen LogP contribution in [-0.2, 0) is 4.79 Å². The van der Waals surface area contributed by atoms with Gasteiger partial charge >= 0.3 is 0 Å². The summed E-state index contributed by atoms with van der Waals surface area (Å²) in [7, 11) is 0. The molecule has 1 aliphatic rings. The Morgan fingerprint density at radius 2 is 1.83 bits per heavy atom. The van der Waals surface area contributed by atoms with Gasteiger partial charge in [-0.15, -0.1) is 0 Å². The summed E-state index contributed by atoms with van der Waals surface area (Å²) in [5.41, 5.74) is 6.74. The van der Waals surface area contributed by atoms with Crippen LogP contribution in [0.5, 0.6) is 0 Å². The van der Waals surface area contributed by atoms with Crippen LogP contribution in [0.2, 0.25) is 5.02 Å². The second-order valence-electron chi connectivity index (χ2n) is 4.92. The molecule has 0 radical (unpaired) electrons. The fourth-order valence-electron chi connectivity index (χ4n) is 2.29. The van der Waals surface area contributed by atoms with Crippen LogP contribution in [0.3, 0.4) is 0 Å². The molecule has 0 aliphatic carbocycles. The van der Waals surface area contributed by atoms with Crippen molar-refractivity contribution < 1.29 is 9.59 Å². The smallest absolute Gasteiger partial charge is 0.270 e. The normalized spacial score (nSPS) is 16.0. The highest BCUT2D eigenvalue weighted by Crippen LogP contribution is 2.37. The molecule has 3 rings (SSSR count). The molecule has 0 atom stereocenters. The number of carbonyl (C=O) groups excluding carboxylic acids is 2. The Balaban J connectivity index is 2.02. The highest BCUT2D eigenvalue weighted by molar-refractivity contribution is 8.27. The number of hydrogen-bond acceptors (Lipinski definition) is 4. The third-order valence-corrected chi connectivity index (χ3v) is 5.04. The van der Waals surface area contributed by atoms with E-state index < -0.39 is 5.91 Å². The van der Waals surface area contributed by atoms with E-state index in [0.717, 1.165) is 17.3 Å². The number of nitrogens with zero attached hydrogens (tertiary/aromatic N) is 1. The number of anilines is 1. The summed E-state index contributed by atoms with van der Waals surface area (Å²) in [5, 5.41) is 0.542. The van der Waals surface area contributed by atoms with E-state index in [1.54, 1.807) is 36.4 Å². The molecule has 2 aromatic rings. The van der Waals surface area contributed by atoms with E-state index in [-0.39, 0.29) is 11.5 Å². The van der Waals surface area contributed by atoms with Crippen molar-refractivity contribution in [3.63, 3.8) is 0 Å². The van der Waals surface area contributed by atoms with Crippen molar-refractivity contribution in [2.24, 2.45) is 5.73 Å². The van der Waals surface area contributed by atoms with Crippen LogP contribution < -0.4 is 10.6 Å². The number of rotatable bonds is 3. The SMILES string of the molecule is NC(=O)c1ccccc1N1C(=O)/C(=C/c2ccccc2Cl)SC1=S. The topological polar surface area (TPSA) is 63.4 Å². The lowest BCUT2D eigenvalue weighted by Crippen LogP contribution is -2.30. The fraction of sp³-hybridized carbons (Fsp3) is 0. The molecule has 7 heteroatoms. The van der Waals surface area contributed by atoms with Crippen LogP contribution in [0.15, 0.2) is 53.4 Å². The molecule has 0 saturated carbocycles. The van der Waals surface area contributed by atoms with E-state index in [1.165, 1.54) is 4.90 Å². The number of nitrogens with two attached hydrogens (primary N) is 1. The molecule has 120 valence electrons. The van der Waals surface area contributed by atoms with Gasteiger partial charge in [0.05, 0.1) is 16.2 Å². The summed E-state index contributed by atoms with van der Waals surface area (Å²) in [6.07, 6.45) is 1.69. The summed E-state index contributed by atoms with van der Waals surface area (Å²) in [5.74, 6) is -0.923. The van der Waals surface area contributed by atoms with Crippen molar-refractivity contribution in [3.05, 3.63) is 69.6 Å². The predicted molar refractivity (Wildman–Crippen MR) is 102 cm³/mol. The molecular weight excluding hydrogens is 364 g/mol. The first kappa shape index (κ1) is 16.7. The lowest BCUT2D eigenvalue weighted by atomic mass is 10.1. The molecule has 0 bridgehead atoms.